The highest BCUT2D eigenvalue weighted by atomic mass is 32.1. The lowest BCUT2D eigenvalue weighted by atomic mass is 10.2. The average Bonchev–Trinajstić information content (AvgIpc) is 2.99. The number of nitrogens with zero attached hydrogens (tertiary/aromatic N) is 2. The number of aliphatic hydroxyl groups is 1. The average molecular weight is 244 g/mol. The molecule has 3 aromatic rings. The third-order valence-electron chi connectivity index (χ3n) is 2.81. The van der Waals surface area contributed by atoms with Gasteiger partial charge in [-0.15, -0.1) is 11.3 Å². The first-order valence-corrected chi connectivity index (χ1v) is 6.32. The quantitative estimate of drug-likeness (QED) is 0.769. The van der Waals surface area contributed by atoms with Crippen molar-refractivity contribution >= 4 is 22.2 Å². The molecule has 2 aromatic heterocycles. The van der Waals surface area contributed by atoms with Gasteiger partial charge in [-0.05, 0) is 29.1 Å². The molecule has 0 radical (unpaired) electrons. The van der Waals surface area contributed by atoms with Crippen LogP contribution in [0.25, 0.3) is 10.9 Å². The maximum absolute atomic E-state index is 9.10. The van der Waals surface area contributed by atoms with Gasteiger partial charge in [-0.25, -0.2) is 4.98 Å². The van der Waals surface area contributed by atoms with Crippen LogP contribution in [-0.4, -0.2) is 14.7 Å². The van der Waals surface area contributed by atoms with Crippen molar-refractivity contribution in [2.24, 2.45) is 0 Å². The van der Waals surface area contributed by atoms with Gasteiger partial charge < -0.3 is 9.67 Å². The Labute approximate surface area is 103 Å². The first-order chi connectivity index (χ1) is 8.36. The van der Waals surface area contributed by atoms with Crippen LogP contribution in [0.5, 0.6) is 0 Å². The number of fused-ring (bicyclic) bond motifs is 1. The number of thiazole rings is 1. The molecule has 4 heteroatoms. The molecule has 0 aliphatic carbocycles. The summed E-state index contributed by atoms with van der Waals surface area (Å²) < 4.78 is 2.18. The Morgan fingerprint density at radius 1 is 1.29 bits per heavy atom. The second-order valence-corrected chi connectivity index (χ2v) is 4.90. The Balaban J connectivity index is 2.00. The lowest BCUT2D eigenvalue weighted by Gasteiger charge is -2.03. The highest BCUT2D eigenvalue weighted by Gasteiger charge is 2.03. The smallest absolute Gasteiger partial charge is 0.112 e. The van der Waals surface area contributed by atoms with Crippen LogP contribution in [0.3, 0.4) is 0 Å². The minimum atomic E-state index is 0.0909. The molecule has 2 heterocycles. The van der Waals surface area contributed by atoms with E-state index in [9.17, 15) is 0 Å². The molecule has 0 amide bonds. The molecule has 86 valence electrons. The highest BCUT2D eigenvalue weighted by Crippen LogP contribution is 2.19. The van der Waals surface area contributed by atoms with Crippen molar-refractivity contribution in [3.8, 4) is 0 Å². The summed E-state index contributed by atoms with van der Waals surface area (Å²) >= 11 is 1.67. The fourth-order valence-corrected chi connectivity index (χ4v) is 2.58. The number of benzene rings is 1. The Kier molecular flexibility index (Phi) is 2.66. The molecule has 0 aliphatic rings. The van der Waals surface area contributed by atoms with Gasteiger partial charge in [-0.3, -0.25) is 0 Å². The SMILES string of the molecule is OCc1ccc2c(ccn2Cc2nccs2)c1. The molecular formula is C13H12N2OS. The van der Waals surface area contributed by atoms with Crippen LogP contribution >= 0.6 is 11.3 Å². The van der Waals surface area contributed by atoms with E-state index >= 15 is 0 Å². The topological polar surface area (TPSA) is 38.0 Å². The molecule has 1 N–H and O–H groups in total. The van der Waals surface area contributed by atoms with Crippen molar-refractivity contribution in [2.45, 2.75) is 13.2 Å². The molecule has 0 saturated heterocycles. The van der Waals surface area contributed by atoms with Crippen molar-refractivity contribution in [2.75, 3.05) is 0 Å². The van der Waals surface area contributed by atoms with Gasteiger partial charge in [0.05, 0.1) is 13.2 Å². The predicted molar refractivity (Wildman–Crippen MR) is 69.1 cm³/mol. The zero-order chi connectivity index (χ0) is 11.7. The summed E-state index contributed by atoms with van der Waals surface area (Å²) in [6.45, 7) is 0.896. The van der Waals surface area contributed by atoms with Crippen LogP contribution in [-0.2, 0) is 13.2 Å². The van der Waals surface area contributed by atoms with E-state index in [1.165, 1.54) is 5.52 Å². The minimum Gasteiger partial charge on any atom is -0.392 e. The number of rotatable bonds is 3. The van der Waals surface area contributed by atoms with Crippen molar-refractivity contribution in [1.82, 2.24) is 9.55 Å². The van der Waals surface area contributed by atoms with Crippen LogP contribution in [0, 0.1) is 0 Å². The second kappa shape index (κ2) is 4.31. The summed E-state index contributed by atoms with van der Waals surface area (Å²) in [7, 11) is 0. The second-order valence-electron chi connectivity index (χ2n) is 3.92. The summed E-state index contributed by atoms with van der Waals surface area (Å²) in [6, 6.07) is 8.10. The summed E-state index contributed by atoms with van der Waals surface area (Å²) in [5.41, 5.74) is 2.13. The molecule has 3 rings (SSSR count). The molecule has 0 saturated carbocycles. The van der Waals surface area contributed by atoms with Gasteiger partial charge in [0, 0.05) is 23.3 Å². The summed E-state index contributed by atoms with van der Waals surface area (Å²) in [6.07, 6.45) is 3.89. The molecular weight excluding hydrogens is 232 g/mol. The molecule has 0 aliphatic heterocycles. The third-order valence-corrected chi connectivity index (χ3v) is 3.57. The van der Waals surface area contributed by atoms with Crippen molar-refractivity contribution in [3.63, 3.8) is 0 Å². The molecule has 3 nitrogen and oxygen atoms in total. The van der Waals surface area contributed by atoms with Gasteiger partial charge in [-0.2, -0.15) is 0 Å². The Bertz CT molecular complexity index is 628. The van der Waals surface area contributed by atoms with Crippen LogP contribution in [0.15, 0.2) is 42.0 Å². The van der Waals surface area contributed by atoms with Crippen LogP contribution in [0.1, 0.15) is 10.6 Å². The van der Waals surface area contributed by atoms with Gasteiger partial charge in [0.1, 0.15) is 5.01 Å². The van der Waals surface area contributed by atoms with Crippen molar-refractivity contribution in [1.29, 1.82) is 0 Å². The fourth-order valence-electron chi connectivity index (χ4n) is 1.96. The third kappa shape index (κ3) is 1.97. The standard InChI is InChI=1S/C13H12N2OS/c16-9-10-1-2-12-11(7-10)3-5-15(12)8-13-14-4-6-17-13/h1-7,16H,8-9H2. The largest absolute Gasteiger partial charge is 0.392 e. The molecule has 0 bridgehead atoms. The number of aromatic nitrogens is 2. The number of hydrogen-bond donors (Lipinski definition) is 1. The van der Waals surface area contributed by atoms with E-state index in [2.05, 4.69) is 27.9 Å². The van der Waals surface area contributed by atoms with Gasteiger partial charge in [0.2, 0.25) is 0 Å². The van der Waals surface area contributed by atoms with Gasteiger partial charge >= 0.3 is 0 Å². The molecule has 0 unspecified atom stereocenters. The van der Waals surface area contributed by atoms with E-state index in [-0.39, 0.29) is 6.61 Å². The maximum atomic E-state index is 9.10. The normalized spacial score (nSPS) is 11.1. The molecule has 0 atom stereocenters. The number of aliphatic hydroxyl groups excluding tert-OH is 1. The van der Waals surface area contributed by atoms with E-state index < -0.39 is 0 Å². The summed E-state index contributed by atoms with van der Waals surface area (Å²) in [4.78, 5) is 4.29. The van der Waals surface area contributed by atoms with E-state index in [0.717, 1.165) is 22.5 Å². The Morgan fingerprint density at radius 2 is 2.24 bits per heavy atom. The van der Waals surface area contributed by atoms with E-state index in [4.69, 9.17) is 5.11 Å². The maximum Gasteiger partial charge on any atom is 0.112 e. The molecule has 0 fully saturated rings. The Morgan fingerprint density at radius 3 is 3.00 bits per heavy atom. The van der Waals surface area contributed by atoms with Crippen LogP contribution < -0.4 is 0 Å². The highest BCUT2D eigenvalue weighted by molar-refractivity contribution is 7.09. The van der Waals surface area contributed by atoms with Crippen LogP contribution in [0.4, 0.5) is 0 Å². The van der Waals surface area contributed by atoms with Gasteiger partial charge in [0.15, 0.2) is 0 Å². The number of hydrogen-bond acceptors (Lipinski definition) is 3. The first-order valence-electron chi connectivity index (χ1n) is 5.44. The Hall–Kier alpha value is -1.65. The molecule has 17 heavy (non-hydrogen) atoms. The first kappa shape index (κ1) is 10.5. The van der Waals surface area contributed by atoms with Crippen molar-refractivity contribution in [3.05, 3.63) is 52.6 Å². The summed E-state index contributed by atoms with van der Waals surface area (Å²) in [5, 5.41) is 13.4. The lowest BCUT2D eigenvalue weighted by Crippen LogP contribution is -1.96. The lowest BCUT2D eigenvalue weighted by molar-refractivity contribution is 0.282. The zero-order valence-corrected chi connectivity index (χ0v) is 10.0. The van der Waals surface area contributed by atoms with E-state index in [0.29, 0.717) is 0 Å². The summed E-state index contributed by atoms with van der Waals surface area (Å²) in [5.74, 6) is 0. The van der Waals surface area contributed by atoms with E-state index in [1.54, 1.807) is 11.3 Å². The monoisotopic (exact) mass is 244 g/mol. The zero-order valence-electron chi connectivity index (χ0n) is 9.21. The minimum absolute atomic E-state index is 0.0909. The van der Waals surface area contributed by atoms with Gasteiger partial charge in [-0.1, -0.05) is 6.07 Å². The van der Waals surface area contributed by atoms with Crippen LogP contribution in [0.2, 0.25) is 0 Å². The molecule has 1 aromatic carbocycles. The van der Waals surface area contributed by atoms with E-state index in [1.807, 2.05) is 23.7 Å². The molecule has 0 spiro atoms. The van der Waals surface area contributed by atoms with Gasteiger partial charge in [0.25, 0.3) is 0 Å². The fraction of sp³-hybridized carbons (Fsp3) is 0.154. The van der Waals surface area contributed by atoms with Crippen molar-refractivity contribution < 1.29 is 5.11 Å². The predicted octanol–water partition coefficient (Wildman–Crippen LogP) is 2.64.